The second kappa shape index (κ2) is 6.98. The van der Waals surface area contributed by atoms with Crippen LogP contribution in [0.2, 0.25) is 0 Å². The molecule has 0 aromatic heterocycles. The van der Waals surface area contributed by atoms with Crippen LogP contribution in [-0.2, 0) is 0 Å². The maximum atomic E-state index is 5.62. The first-order valence-corrected chi connectivity index (χ1v) is 6.16. The summed E-state index contributed by atoms with van der Waals surface area (Å²) in [6.45, 7) is 6.86. The van der Waals surface area contributed by atoms with E-state index in [0.717, 1.165) is 17.7 Å². The molecule has 0 amide bonds. The Morgan fingerprint density at radius 1 is 1.35 bits per heavy atom. The average molecular weight is 231 g/mol. The second-order valence-corrected chi connectivity index (χ2v) is 3.99. The zero-order chi connectivity index (χ0) is 12.7. The van der Waals surface area contributed by atoms with E-state index in [1.807, 2.05) is 25.1 Å². The van der Waals surface area contributed by atoms with Gasteiger partial charge in [-0.1, -0.05) is 31.0 Å². The van der Waals surface area contributed by atoms with Gasteiger partial charge in [-0.15, -0.1) is 6.42 Å². The summed E-state index contributed by atoms with van der Waals surface area (Å²) in [4.78, 5) is 0. The standard InChI is InChI=1S/C15H21NO/c1-5-13(6-2)16-12(4)14-10-8-9-11-15(14)17-7-3/h1,8-13,16H,6-7H2,2-4H3. The topological polar surface area (TPSA) is 21.3 Å². The molecule has 0 spiro atoms. The molecule has 1 rings (SSSR count). The largest absolute Gasteiger partial charge is 0.494 e. The van der Waals surface area contributed by atoms with Crippen LogP contribution in [0.3, 0.4) is 0 Å². The monoisotopic (exact) mass is 231 g/mol. The van der Waals surface area contributed by atoms with Gasteiger partial charge in [-0.25, -0.2) is 0 Å². The Labute approximate surface area is 104 Å². The fourth-order valence-corrected chi connectivity index (χ4v) is 1.80. The lowest BCUT2D eigenvalue weighted by molar-refractivity contribution is 0.331. The molecule has 2 heteroatoms. The first-order chi connectivity index (χ1) is 8.22. The summed E-state index contributed by atoms with van der Waals surface area (Å²) >= 11 is 0. The van der Waals surface area contributed by atoms with Gasteiger partial charge in [0, 0.05) is 11.6 Å². The van der Waals surface area contributed by atoms with Gasteiger partial charge in [-0.2, -0.15) is 0 Å². The van der Waals surface area contributed by atoms with E-state index in [-0.39, 0.29) is 12.1 Å². The Hall–Kier alpha value is -1.46. The van der Waals surface area contributed by atoms with Crippen molar-refractivity contribution in [2.45, 2.75) is 39.3 Å². The van der Waals surface area contributed by atoms with Gasteiger partial charge in [0.1, 0.15) is 5.75 Å². The van der Waals surface area contributed by atoms with Crippen LogP contribution in [0, 0.1) is 12.3 Å². The summed E-state index contributed by atoms with van der Waals surface area (Å²) in [6, 6.07) is 8.38. The quantitative estimate of drug-likeness (QED) is 0.759. The summed E-state index contributed by atoms with van der Waals surface area (Å²) in [7, 11) is 0. The van der Waals surface area contributed by atoms with Crippen molar-refractivity contribution in [1.82, 2.24) is 5.32 Å². The number of hydrogen-bond acceptors (Lipinski definition) is 2. The maximum Gasteiger partial charge on any atom is 0.124 e. The van der Waals surface area contributed by atoms with Crippen molar-refractivity contribution in [2.75, 3.05) is 6.61 Å². The van der Waals surface area contributed by atoms with Crippen molar-refractivity contribution < 1.29 is 4.74 Å². The fourth-order valence-electron chi connectivity index (χ4n) is 1.80. The van der Waals surface area contributed by atoms with Crippen molar-refractivity contribution in [3.63, 3.8) is 0 Å². The Morgan fingerprint density at radius 2 is 2.06 bits per heavy atom. The molecule has 1 aromatic carbocycles. The molecule has 1 aromatic rings. The molecule has 0 aliphatic heterocycles. The van der Waals surface area contributed by atoms with Gasteiger partial charge < -0.3 is 4.74 Å². The molecule has 0 radical (unpaired) electrons. The number of benzene rings is 1. The second-order valence-electron chi connectivity index (χ2n) is 3.99. The summed E-state index contributed by atoms with van der Waals surface area (Å²) in [5, 5.41) is 3.42. The molecule has 0 heterocycles. The van der Waals surface area contributed by atoms with E-state index in [1.165, 1.54) is 0 Å². The molecule has 0 aliphatic rings. The molecule has 2 unspecified atom stereocenters. The number of hydrogen-bond donors (Lipinski definition) is 1. The van der Waals surface area contributed by atoms with E-state index < -0.39 is 0 Å². The van der Waals surface area contributed by atoms with Gasteiger partial charge in [0.05, 0.1) is 12.6 Å². The molecule has 17 heavy (non-hydrogen) atoms. The third kappa shape index (κ3) is 3.80. The minimum Gasteiger partial charge on any atom is -0.494 e. The normalized spacial score (nSPS) is 13.8. The van der Waals surface area contributed by atoms with Gasteiger partial charge >= 0.3 is 0 Å². The van der Waals surface area contributed by atoms with Crippen LogP contribution in [-0.4, -0.2) is 12.6 Å². The van der Waals surface area contributed by atoms with E-state index in [1.54, 1.807) is 0 Å². The van der Waals surface area contributed by atoms with Gasteiger partial charge in [0.15, 0.2) is 0 Å². The zero-order valence-electron chi connectivity index (χ0n) is 10.9. The van der Waals surface area contributed by atoms with Crippen LogP contribution in [0.4, 0.5) is 0 Å². The summed E-state index contributed by atoms with van der Waals surface area (Å²) in [6.07, 6.45) is 6.39. The van der Waals surface area contributed by atoms with E-state index >= 15 is 0 Å². The van der Waals surface area contributed by atoms with Crippen LogP contribution in [0.15, 0.2) is 24.3 Å². The van der Waals surface area contributed by atoms with Gasteiger partial charge in [-0.3, -0.25) is 5.32 Å². The van der Waals surface area contributed by atoms with Crippen molar-refractivity contribution in [2.24, 2.45) is 0 Å². The number of rotatable bonds is 6. The summed E-state index contributed by atoms with van der Waals surface area (Å²) in [5.74, 6) is 3.68. The molecule has 2 atom stereocenters. The third-order valence-electron chi connectivity index (χ3n) is 2.75. The highest BCUT2D eigenvalue weighted by atomic mass is 16.5. The Bertz CT molecular complexity index is 381. The first-order valence-electron chi connectivity index (χ1n) is 6.16. The third-order valence-corrected chi connectivity index (χ3v) is 2.75. The van der Waals surface area contributed by atoms with Crippen LogP contribution < -0.4 is 10.1 Å². The van der Waals surface area contributed by atoms with Gasteiger partial charge in [0.2, 0.25) is 0 Å². The van der Waals surface area contributed by atoms with Crippen LogP contribution in [0.5, 0.6) is 5.75 Å². The molecule has 0 saturated heterocycles. The van der Waals surface area contributed by atoms with Gasteiger partial charge in [-0.05, 0) is 26.3 Å². The fraction of sp³-hybridized carbons (Fsp3) is 0.467. The number of nitrogens with one attached hydrogen (secondary N) is 1. The predicted octanol–water partition coefficient (Wildman–Crippen LogP) is 3.15. The minimum atomic E-state index is 0.111. The summed E-state index contributed by atoms with van der Waals surface area (Å²) in [5.41, 5.74) is 1.16. The molecular formula is C15H21NO. The Balaban J connectivity index is 2.81. The SMILES string of the molecule is C#CC(CC)NC(C)c1ccccc1OCC. The van der Waals surface area contributed by atoms with Crippen molar-refractivity contribution in [3.8, 4) is 18.1 Å². The smallest absolute Gasteiger partial charge is 0.124 e. The van der Waals surface area contributed by atoms with E-state index in [2.05, 4.69) is 31.2 Å². The average Bonchev–Trinajstić information content (AvgIpc) is 2.36. The number of ether oxygens (including phenoxy) is 1. The molecule has 0 bridgehead atoms. The molecule has 2 nitrogen and oxygen atoms in total. The molecule has 1 N–H and O–H groups in total. The lowest BCUT2D eigenvalue weighted by Gasteiger charge is -2.20. The van der Waals surface area contributed by atoms with Crippen LogP contribution in [0.25, 0.3) is 0 Å². The van der Waals surface area contributed by atoms with Crippen molar-refractivity contribution in [3.05, 3.63) is 29.8 Å². The molecule has 0 fully saturated rings. The molecule has 92 valence electrons. The lowest BCUT2D eigenvalue weighted by Crippen LogP contribution is -2.29. The highest BCUT2D eigenvalue weighted by Gasteiger charge is 2.13. The van der Waals surface area contributed by atoms with Crippen molar-refractivity contribution >= 4 is 0 Å². The van der Waals surface area contributed by atoms with Crippen LogP contribution >= 0.6 is 0 Å². The van der Waals surface area contributed by atoms with E-state index in [4.69, 9.17) is 11.2 Å². The Morgan fingerprint density at radius 3 is 2.65 bits per heavy atom. The molecular weight excluding hydrogens is 210 g/mol. The predicted molar refractivity (Wildman–Crippen MR) is 72.1 cm³/mol. The first kappa shape index (κ1) is 13.6. The molecule has 0 saturated carbocycles. The number of para-hydroxylation sites is 1. The van der Waals surface area contributed by atoms with Crippen molar-refractivity contribution in [1.29, 1.82) is 0 Å². The minimum absolute atomic E-state index is 0.111. The van der Waals surface area contributed by atoms with Crippen LogP contribution in [0.1, 0.15) is 38.8 Å². The Kier molecular flexibility index (Phi) is 5.59. The maximum absolute atomic E-state index is 5.62. The molecule has 0 aliphatic carbocycles. The van der Waals surface area contributed by atoms with E-state index in [9.17, 15) is 0 Å². The lowest BCUT2D eigenvalue weighted by atomic mass is 10.1. The highest BCUT2D eigenvalue weighted by molar-refractivity contribution is 5.35. The van der Waals surface area contributed by atoms with E-state index in [0.29, 0.717) is 6.61 Å². The van der Waals surface area contributed by atoms with Gasteiger partial charge in [0.25, 0.3) is 0 Å². The zero-order valence-corrected chi connectivity index (χ0v) is 10.9. The highest BCUT2D eigenvalue weighted by Crippen LogP contribution is 2.25. The summed E-state index contributed by atoms with van der Waals surface area (Å²) < 4.78 is 5.62. The number of terminal acetylenes is 1.